The van der Waals surface area contributed by atoms with Gasteiger partial charge in [-0.05, 0) is 139 Å². The Morgan fingerprint density at radius 1 is 0.273 bits per heavy atom. The Balaban J connectivity index is 0.929. The number of para-hydroxylation sites is 5. The van der Waals surface area contributed by atoms with Crippen LogP contribution < -0.4 is 4.90 Å². The number of anilines is 3. The molecule has 14 aromatic rings. The molecule has 0 saturated carbocycles. The summed E-state index contributed by atoms with van der Waals surface area (Å²) in [5, 5.41) is 5.06. The maximum absolute atomic E-state index is 2.57. The van der Waals surface area contributed by atoms with Gasteiger partial charge in [-0.15, -0.1) is 0 Å². The first-order chi connectivity index (χ1) is 38.2. The molecule has 77 heavy (non-hydrogen) atoms. The molecule has 0 fully saturated rings. The van der Waals surface area contributed by atoms with Crippen molar-refractivity contribution in [2.24, 2.45) is 0 Å². The molecule has 0 radical (unpaired) electrons. The molecule has 1 unspecified atom stereocenters. The Hall–Kier alpha value is -9.96. The van der Waals surface area contributed by atoms with Crippen LogP contribution in [0.15, 0.2) is 273 Å². The minimum absolute atomic E-state index is 0.501. The molecule has 0 amide bonds. The quantitative estimate of drug-likeness (QED) is 0.171. The molecule has 3 heteroatoms. The van der Waals surface area contributed by atoms with Crippen LogP contribution >= 0.6 is 0 Å². The predicted octanol–water partition coefficient (Wildman–Crippen LogP) is 18.4. The summed E-state index contributed by atoms with van der Waals surface area (Å²) in [6.45, 7) is 0. The molecule has 0 N–H and O–H groups in total. The number of hydrogen-bond donors (Lipinski definition) is 0. The number of hydrogen-bond acceptors (Lipinski definition) is 1. The van der Waals surface area contributed by atoms with Crippen molar-refractivity contribution in [2.75, 3.05) is 4.90 Å². The highest BCUT2D eigenvalue weighted by atomic mass is 15.1. The van der Waals surface area contributed by atoms with E-state index in [0.29, 0.717) is 0 Å². The fraction of sp³-hybridized carbons (Fsp3) is 0.0270. The van der Waals surface area contributed by atoms with Gasteiger partial charge < -0.3 is 14.0 Å². The third-order valence-electron chi connectivity index (χ3n) is 18.1. The molecule has 3 heterocycles. The molecular formula is C74H45N3. The molecule has 3 nitrogen and oxygen atoms in total. The molecule has 3 aliphatic carbocycles. The van der Waals surface area contributed by atoms with Gasteiger partial charge in [0.25, 0.3) is 0 Å². The van der Waals surface area contributed by atoms with Crippen LogP contribution in [0.4, 0.5) is 17.1 Å². The number of fused-ring (bicyclic) bond motifs is 25. The lowest BCUT2D eigenvalue weighted by atomic mass is 9.65. The number of rotatable bonds is 4. The molecule has 1 aliphatic heterocycles. The molecule has 4 aliphatic rings. The minimum atomic E-state index is -0.602. The van der Waals surface area contributed by atoms with Crippen LogP contribution in [0.5, 0.6) is 0 Å². The smallest absolute Gasteiger partial charge is 0.0755 e. The lowest BCUT2D eigenvalue weighted by Gasteiger charge is -2.39. The monoisotopic (exact) mass is 975 g/mol. The first-order valence-corrected chi connectivity index (χ1v) is 26.9. The zero-order valence-corrected chi connectivity index (χ0v) is 41.8. The second-order valence-corrected chi connectivity index (χ2v) is 21.4. The molecule has 18 rings (SSSR count). The summed E-state index contributed by atoms with van der Waals surface area (Å²) in [6.07, 6.45) is 0. The average molecular weight is 976 g/mol. The van der Waals surface area contributed by atoms with Crippen LogP contribution in [-0.2, 0) is 10.8 Å². The lowest BCUT2D eigenvalue weighted by molar-refractivity contribution is 0.748. The average Bonchev–Trinajstić information content (AvgIpc) is 3.50. The van der Waals surface area contributed by atoms with Gasteiger partial charge in [0.2, 0.25) is 0 Å². The van der Waals surface area contributed by atoms with Gasteiger partial charge in [-0.2, -0.15) is 0 Å². The van der Waals surface area contributed by atoms with Gasteiger partial charge in [-0.3, -0.25) is 0 Å². The first-order valence-electron chi connectivity index (χ1n) is 26.9. The van der Waals surface area contributed by atoms with Crippen molar-refractivity contribution in [1.82, 2.24) is 9.13 Å². The van der Waals surface area contributed by atoms with Gasteiger partial charge in [0.05, 0.1) is 44.3 Å². The summed E-state index contributed by atoms with van der Waals surface area (Å²) in [4.78, 5) is 2.57. The molecule has 2 spiro atoms. The van der Waals surface area contributed by atoms with E-state index >= 15 is 0 Å². The van der Waals surface area contributed by atoms with E-state index in [2.05, 4.69) is 287 Å². The number of benzene rings is 12. The minimum Gasteiger partial charge on any atom is -0.310 e. The summed E-state index contributed by atoms with van der Waals surface area (Å²) < 4.78 is 4.96. The van der Waals surface area contributed by atoms with Crippen LogP contribution in [0.3, 0.4) is 0 Å². The molecule has 1 atom stereocenters. The summed E-state index contributed by atoms with van der Waals surface area (Å²) in [5.74, 6) is 0. The zero-order chi connectivity index (χ0) is 50.1. The van der Waals surface area contributed by atoms with Gasteiger partial charge in [0.15, 0.2) is 0 Å². The van der Waals surface area contributed by atoms with E-state index in [1.165, 1.54) is 127 Å². The molecule has 0 saturated heterocycles. The molecule has 2 aromatic heterocycles. The molecule has 356 valence electrons. The van der Waals surface area contributed by atoms with Crippen molar-refractivity contribution < 1.29 is 0 Å². The fourth-order valence-corrected chi connectivity index (χ4v) is 15.4. The molecule has 12 aromatic carbocycles. The van der Waals surface area contributed by atoms with Crippen molar-refractivity contribution in [3.63, 3.8) is 0 Å². The van der Waals surface area contributed by atoms with Crippen molar-refractivity contribution >= 4 is 60.7 Å². The standard InChI is InChI=1S/C74H45N3/c1-8-27-58-49(19-1)50-20-2-9-28-59(50)73(58)60-29-10-3-21-51(60)52-44-43-48(45-65(52)73)75(46-39-41-47(42-40-46)76-66-34-13-5-22-53(66)54-23-6-14-35-67(54)76)70-38-18-32-63-71(70)57-25-4-11-30-61(57)74(63)62-31-12-16-37-69(62)77-68-36-15-7-24-55(68)56-26-17-33-64(74)72(56)77/h1-45H. The van der Waals surface area contributed by atoms with E-state index in [1.54, 1.807) is 0 Å². The summed E-state index contributed by atoms with van der Waals surface area (Å²) in [6, 6.07) is 103. The lowest BCUT2D eigenvalue weighted by Crippen LogP contribution is -2.33. The fourth-order valence-electron chi connectivity index (χ4n) is 15.4. The second-order valence-electron chi connectivity index (χ2n) is 21.4. The normalized spacial score (nSPS) is 15.4. The maximum atomic E-state index is 2.57. The predicted molar refractivity (Wildman–Crippen MR) is 317 cm³/mol. The van der Waals surface area contributed by atoms with Crippen molar-refractivity contribution in [2.45, 2.75) is 10.8 Å². The van der Waals surface area contributed by atoms with Crippen LogP contribution in [0.25, 0.3) is 88.4 Å². The van der Waals surface area contributed by atoms with E-state index in [-0.39, 0.29) is 0 Å². The SMILES string of the molecule is c1ccc2c(c1)-c1ccccc1C21c2ccccc2-c2ccc(N(c3ccc(-n4c5ccccc5c5ccccc54)cc3)c3cccc4c3-c3ccccc3C43c4ccccc4-n4c5ccccc5c5cccc3c54)cc21. The van der Waals surface area contributed by atoms with Crippen LogP contribution in [0.2, 0.25) is 0 Å². The highest BCUT2D eigenvalue weighted by Crippen LogP contribution is 2.66. The highest BCUT2D eigenvalue weighted by molar-refractivity contribution is 6.14. The molecular weight excluding hydrogens is 931 g/mol. The van der Waals surface area contributed by atoms with Gasteiger partial charge in [0, 0.05) is 44.2 Å². The van der Waals surface area contributed by atoms with Crippen molar-refractivity contribution in [3.05, 3.63) is 317 Å². The summed E-state index contributed by atoms with van der Waals surface area (Å²) in [7, 11) is 0. The first kappa shape index (κ1) is 41.4. The largest absolute Gasteiger partial charge is 0.310 e. The Labute approximate surface area is 445 Å². The van der Waals surface area contributed by atoms with Crippen LogP contribution in [0.1, 0.15) is 44.5 Å². The zero-order valence-electron chi connectivity index (χ0n) is 41.8. The van der Waals surface area contributed by atoms with Gasteiger partial charge >= 0.3 is 0 Å². The number of nitrogens with zero attached hydrogens (tertiary/aromatic N) is 3. The van der Waals surface area contributed by atoms with Gasteiger partial charge in [-0.25, -0.2) is 0 Å². The Morgan fingerprint density at radius 2 is 0.701 bits per heavy atom. The van der Waals surface area contributed by atoms with E-state index in [0.717, 1.165) is 22.7 Å². The van der Waals surface area contributed by atoms with E-state index < -0.39 is 10.8 Å². The summed E-state index contributed by atoms with van der Waals surface area (Å²) in [5.41, 5.74) is 27.7. The molecule has 0 bridgehead atoms. The summed E-state index contributed by atoms with van der Waals surface area (Å²) >= 11 is 0. The van der Waals surface area contributed by atoms with E-state index in [9.17, 15) is 0 Å². The van der Waals surface area contributed by atoms with Gasteiger partial charge in [0.1, 0.15) is 0 Å². The maximum Gasteiger partial charge on any atom is 0.0755 e. The third kappa shape index (κ3) is 4.99. The van der Waals surface area contributed by atoms with Crippen LogP contribution in [-0.4, -0.2) is 9.13 Å². The van der Waals surface area contributed by atoms with Crippen LogP contribution in [0, 0.1) is 0 Å². The number of aromatic nitrogens is 2. The van der Waals surface area contributed by atoms with Crippen molar-refractivity contribution in [3.8, 4) is 44.8 Å². The topological polar surface area (TPSA) is 13.1 Å². The highest BCUT2D eigenvalue weighted by Gasteiger charge is 2.53. The van der Waals surface area contributed by atoms with Gasteiger partial charge in [-0.1, -0.05) is 206 Å². The van der Waals surface area contributed by atoms with Crippen molar-refractivity contribution in [1.29, 1.82) is 0 Å². The Morgan fingerprint density at radius 3 is 1.34 bits per heavy atom. The Bertz CT molecular complexity index is 4780. The van der Waals surface area contributed by atoms with E-state index in [4.69, 9.17) is 0 Å². The Kier molecular flexibility index (Phi) is 8.00. The van der Waals surface area contributed by atoms with E-state index in [1.807, 2.05) is 0 Å². The third-order valence-corrected chi connectivity index (χ3v) is 18.1. The second kappa shape index (κ2) is 14.9.